The Morgan fingerprint density at radius 1 is 1.05 bits per heavy atom. The first-order valence-electron chi connectivity index (χ1n) is 6.26. The molecule has 0 aliphatic carbocycles. The highest BCUT2D eigenvalue weighted by Gasteiger charge is 2.27. The topological polar surface area (TPSA) is 60.9 Å². The minimum absolute atomic E-state index is 0.151. The van der Waals surface area contributed by atoms with Crippen LogP contribution in [0.2, 0.25) is 0 Å². The van der Waals surface area contributed by atoms with Gasteiger partial charge in [-0.2, -0.15) is 0 Å². The highest BCUT2D eigenvalue weighted by molar-refractivity contribution is 5.94. The minimum atomic E-state index is -1.24. The van der Waals surface area contributed by atoms with Crippen molar-refractivity contribution in [3.05, 3.63) is 35.1 Å². The van der Waals surface area contributed by atoms with Crippen LogP contribution in [0.1, 0.15) is 10.4 Å². The summed E-state index contributed by atoms with van der Waals surface area (Å²) < 4.78 is 39.9. The molecule has 1 amide bonds. The summed E-state index contributed by atoms with van der Waals surface area (Å²) in [5, 5.41) is 8.66. The molecule has 1 heterocycles. The largest absolute Gasteiger partial charge is 0.480 e. The highest BCUT2D eigenvalue weighted by atomic mass is 19.1. The summed E-state index contributed by atoms with van der Waals surface area (Å²) in [7, 11) is 0. The number of halogens is 3. The average molecular weight is 302 g/mol. The van der Waals surface area contributed by atoms with Crippen molar-refractivity contribution in [2.75, 3.05) is 32.7 Å². The summed E-state index contributed by atoms with van der Waals surface area (Å²) in [4.78, 5) is 25.5. The third kappa shape index (κ3) is 3.52. The molecule has 2 rings (SSSR count). The van der Waals surface area contributed by atoms with Crippen molar-refractivity contribution in [3.8, 4) is 0 Å². The van der Waals surface area contributed by atoms with Crippen LogP contribution in [0, 0.1) is 17.5 Å². The predicted octanol–water partition coefficient (Wildman–Crippen LogP) is 0.946. The fraction of sp³-hybridized carbons (Fsp3) is 0.385. The van der Waals surface area contributed by atoms with Crippen LogP contribution in [0.5, 0.6) is 0 Å². The van der Waals surface area contributed by atoms with E-state index in [-0.39, 0.29) is 19.6 Å². The van der Waals surface area contributed by atoms with E-state index in [1.165, 1.54) is 4.90 Å². The molecule has 1 saturated heterocycles. The van der Waals surface area contributed by atoms with E-state index < -0.39 is 34.9 Å². The fourth-order valence-electron chi connectivity index (χ4n) is 2.20. The van der Waals surface area contributed by atoms with E-state index in [2.05, 4.69) is 0 Å². The first-order valence-corrected chi connectivity index (χ1v) is 6.26. The van der Waals surface area contributed by atoms with Crippen LogP contribution in [0.25, 0.3) is 0 Å². The van der Waals surface area contributed by atoms with E-state index in [0.29, 0.717) is 25.2 Å². The Morgan fingerprint density at radius 3 is 2.05 bits per heavy atom. The van der Waals surface area contributed by atoms with Crippen LogP contribution >= 0.6 is 0 Å². The van der Waals surface area contributed by atoms with Crippen LogP contribution in [0.15, 0.2) is 12.1 Å². The maximum absolute atomic E-state index is 13.5. The maximum Gasteiger partial charge on any atom is 0.317 e. The van der Waals surface area contributed by atoms with Crippen LogP contribution in [-0.4, -0.2) is 59.5 Å². The molecule has 1 aromatic carbocycles. The molecular weight excluding hydrogens is 289 g/mol. The Balaban J connectivity index is 2.07. The van der Waals surface area contributed by atoms with E-state index in [4.69, 9.17) is 5.11 Å². The van der Waals surface area contributed by atoms with Crippen molar-refractivity contribution in [1.82, 2.24) is 9.80 Å². The lowest BCUT2D eigenvalue weighted by atomic mass is 10.1. The van der Waals surface area contributed by atoms with Gasteiger partial charge in [-0.05, 0) is 0 Å². The first-order chi connectivity index (χ1) is 9.88. The van der Waals surface area contributed by atoms with Crippen LogP contribution in [0.4, 0.5) is 13.2 Å². The molecule has 1 fully saturated rings. The lowest BCUT2D eigenvalue weighted by Gasteiger charge is -2.33. The molecular formula is C13H13F3N2O3. The highest BCUT2D eigenvalue weighted by Crippen LogP contribution is 2.18. The van der Waals surface area contributed by atoms with Gasteiger partial charge in [-0.3, -0.25) is 14.5 Å². The van der Waals surface area contributed by atoms with E-state index in [1.807, 2.05) is 0 Å². The van der Waals surface area contributed by atoms with Gasteiger partial charge in [0.15, 0.2) is 0 Å². The number of hydrogen-bond acceptors (Lipinski definition) is 3. The Bertz CT molecular complexity index is 549. The zero-order chi connectivity index (χ0) is 15.6. The molecule has 0 radical (unpaired) electrons. The monoisotopic (exact) mass is 302 g/mol. The molecule has 0 spiro atoms. The van der Waals surface area contributed by atoms with Gasteiger partial charge >= 0.3 is 5.97 Å². The molecule has 0 saturated carbocycles. The minimum Gasteiger partial charge on any atom is -0.480 e. The van der Waals surface area contributed by atoms with E-state index in [1.54, 1.807) is 4.90 Å². The van der Waals surface area contributed by atoms with Gasteiger partial charge in [0.05, 0.1) is 6.54 Å². The van der Waals surface area contributed by atoms with Gasteiger partial charge in [-0.1, -0.05) is 0 Å². The smallest absolute Gasteiger partial charge is 0.317 e. The van der Waals surface area contributed by atoms with E-state index in [9.17, 15) is 22.8 Å². The second-order valence-corrected chi connectivity index (χ2v) is 4.71. The third-order valence-electron chi connectivity index (χ3n) is 3.24. The predicted molar refractivity (Wildman–Crippen MR) is 66.3 cm³/mol. The molecule has 114 valence electrons. The van der Waals surface area contributed by atoms with Crippen molar-refractivity contribution in [1.29, 1.82) is 0 Å². The standard InChI is InChI=1S/C13H13F3N2O3/c14-8-5-9(15)12(10(16)6-8)13(21)18-3-1-17(2-4-18)7-11(19)20/h5-6H,1-4,7H2,(H,19,20). The van der Waals surface area contributed by atoms with Gasteiger partial charge in [0, 0.05) is 38.3 Å². The number of carboxylic acid groups (broad SMARTS) is 1. The second-order valence-electron chi connectivity index (χ2n) is 4.71. The van der Waals surface area contributed by atoms with Gasteiger partial charge < -0.3 is 10.0 Å². The molecule has 1 aliphatic rings. The van der Waals surface area contributed by atoms with Crippen molar-refractivity contribution in [2.45, 2.75) is 0 Å². The number of hydrogen-bond donors (Lipinski definition) is 1. The van der Waals surface area contributed by atoms with Crippen molar-refractivity contribution in [2.24, 2.45) is 0 Å². The molecule has 1 N–H and O–H groups in total. The summed E-state index contributed by atoms with van der Waals surface area (Å²) in [6.45, 7) is 0.747. The Hall–Kier alpha value is -2.09. The number of aliphatic carboxylic acids is 1. The van der Waals surface area contributed by atoms with Gasteiger partial charge in [-0.25, -0.2) is 13.2 Å². The number of carboxylic acids is 1. The van der Waals surface area contributed by atoms with Crippen LogP contribution in [0.3, 0.4) is 0 Å². The molecule has 1 aliphatic heterocycles. The second kappa shape index (κ2) is 6.13. The summed E-state index contributed by atoms with van der Waals surface area (Å²) in [5.41, 5.74) is -0.789. The SMILES string of the molecule is O=C(O)CN1CCN(C(=O)c2c(F)cc(F)cc2F)CC1. The number of carbonyl (C=O) groups is 2. The zero-order valence-corrected chi connectivity index (χ0v) is 11.0. The van der Waals surface area contributed by atoms with E-state index in [0.717, 1.165) is 0 Å². The maximum atomic E-state index is 13.5. The number of rotatable bonds is 3. The number of nitrogens with zero attached hydrogens (tertiary/aromatic N) is 2. The summed E-state index contributed by atoms with van der Waals surface area (Å²) >= 11 is 0. The molecule has 8 heteroatoms. The van der Waals surface area contributed by atoms with Gasteiger partial charge in [0.2, 0.25) is 0 Å². The number of piperazine rings is 1. The third-order valence-corrected chi connectivity index (χ3v) is 3.24. The van der Waals surface area contributed by atoms with Crippen molar-refractivity contribution >= 4 is 11.9 Å². The molecule has 1 aromatic rings. The molecule has 5 nitrogen and oxygen atoms in total. The number of benzene rings is 1. The van der Waals surface area contributed by atoms with Crippen LogP contribution < -0.4 is 0 Å². The quantitative estimate of drug-likeness (QED) is 0.903. The lowest BCUT2D eigenvalue weighted by Crippen LogP contribution is -2.50. The summed E-state index contributed by atoms with van der Waals surface area (Å²) in [6.07, 6.45) is 0. The Kier molecular flexibility index (Phi) is 4.46. The zero-order valence-electron chi connectivity index (χ0n) is 11.0. The van der Waals surface area contributed by atoms with Gasteiger partial charge in [0.25, 0.3) is 5.91 Å². The normalized spacial score (nSPS) is 16.0. The Labute approximate surface area is 118 Å². The molecule has 0 aromatic heterocycles. The van der Waals surface area contributed by atoms with Gasteiger partial charge in [-0.15, -0.1) is 0 Å². The van der Waals surface area contributed by atoms with E-state index >= 15 is 0 Å². The average Bonchev–Trinajstić information content (AvgIpc) is 2.37. The van der Waals surface area contributed by atoms with Gasteiger partial charge in [0.1, 0.15) is 23.0 Å². The Morgan fingerprint density at radius 2 is 1.57 bits per heavy atom. The lowest BCUT2D eigenvalue weighted by molar-refractivity contribution is -0.138. The summed E-state index contributed by atoms with van der Waals surface area (Å²) in [5.74, 6) is -5.42. The molecule has 21 heavy (non-hydrogen) atoms. The number of carbonyl (C=O) groups excluding carboxylic acids is 1. The van der Waals surface area contributed by atoms with Crippen LogP contribution in [-0.2, 0) is 4.79 Å². The molecule has 0 atom stereocenters. The molecule has 0 unspecified atom stereocenters. The van der Waals surface area contributed by atoms with Crippen molar-refractivity contribution < 1.29 is 27.9 Å². The summed E-state index contributed by atoms with van der Waals surface area (Å²) in [6, 6.07) is 0.911. The molecule has 0 bridgehead atoms. The van der Waals surface area contributed by atoms with Crippen molar-refractivity contribution in [3.63, 3.8) is 0 Å². The fourth-order valence-corrected chi connectivity index (χ4v) is 2.20. The first kappa shape index (κ1) is 15.3. The number of amides is 1.